The minimum absolute atomic E-state index is 0.0102. The lowest BCUT2D eigenvalue weighted by Crippen LogP contribution is -2.24. The number of benzene rings is 2. The summed E-state index contributed by atoms with van der Waals surface area (Å²) in [5.41, 5.74) is 2.17. The molecule has 2 aromatic carbocycles. The molecule has 0 saturated heterocycles. The first kappa shape index (κ1) is 15.5. The lowest BCUT2D eigenvalue weighted by atomic mass is 10.2. The van der Waals surface area contributed by atoms with Crippen LogP contribution in [0.3, 0.4) is 0 Å². The van der Waals surface area contributed by atoms with Gasteiger partial charge in [-0.3, -0.25) is 9.36 Å². The van der Waals surface area contributed by atoms with E-state index in [2.05, 4.69) is 5.32 Å². The van der Waals surface area contributed by atoms with Gasteiger partial charge in [-0.05, 0) is 37.3 Å². The summed E-state index contributed by atoms with van der Waals surface area (Å²) >= 11 is 0. The number of carbonyl (C=O) groups excluding carboxylic acids is 1. The monoisotopic (exact) mass is 326 g/mol. The number of hydrogen-bond donors (Lipinski definition) is 2. The zero-order valence-corrected chi connectivity index (χ0v) is 12.8. The number of aryl methyl sites for hydroxylation is 1. The second-order valence-corrected chi connectivity index (χ2v) is 5.36. The third kappa shape index (κ3) is 3.05. The number of aromatic carboxylic acids is 1. The lowest BCUT2D eigenvalue weighted by Gasteiger charge is -2.06. The maximum absolute atomic E-state index is 12.2. The number of oxazole rings is 1. The van der Waals surface area contributed by atoms with Crippen molar-refractivity contribution in [3.8, 4) is 0 Å². The van der Waals surface area contributed by atoms with Crippen molar-refractivity contribution in [2.75, 3.05) is 5.32 Å². The molecule has 3 rings (SSSR count). The Labute approximate surface area is 136 Å². The largest absolute Gasteiger partial charge is 0.478 e. The third-order valence-corrected chi connectivity index (χ3v) is 3.55. The van der Waals surface area contributed by atoms with Crippen molar-refractivity contribution in [2.24, 2.45) is 0 Å². The molecule has 24 heavy (non-hydrogen) atoms. The quantitative estimate of drug-likeness (QED) is 0.765. The van der Waals surface area contributed by atoms with E-state index in [1.807, 2.05) is 19.1 Å². The molecule has 0 radical (unpaired) electrons. The highest BCUT2D eigenvalue weighted by Gasteiger charge is 2.15. The van der Waals surface area contributed by atoms with E-state index in [9.17, 15) is 14.4 Å². The first-order valence-electron chi connectivity index (χ1n) is 7.17. The Morgan fingerprint density at radius 1 is 1.17 bits per heavy atom. The number of nitrogens with zero attached hydrogens (tertiary/aromatic N) is 1. The van der Waals surface area contributed by atoms with E-state index in [-0.39, 0.29) is 23.2 Å². The van der Waals surface area contributed by atoms with Crippen LogP contribution in [0.4, 0.5) is 5.69 Å². The Balaban J connectivity index is 1.88. The molecule has 0 spiro atoms. The molecule has 0 aliphatic heterocycles. The normalized spacial score (nSPS) is 10.7. The van der Waals surface area contributed by atoms with Crippen LogP contribution in [-0.4, -0.2) is 21.6 Å². The van der Waals surface area contributed by atoms with E-state index in [1.165, 1.54) is 18.2 Å². The Kier molecular flexibility index (Phi) is 3.91. The van der Waals surface area contributed by atoms with Crippen molar-refractivity contribution in [2.45, 2.75) is 13.5 Å². The number of carboxylic acid groups (broad SMARTS) is 1. The molecule has 7 nitrogen and oxygen atoms in total. The first-order valence-corrected chi connectivity index (χ1v) is 7.17. The molecular weight excluding hydrogens is 312 g/mol. The minimum atomic E-state index is -1.12. The maximum Gasteiger partial charge on any atom is 0.420 e. The van der Waals surface area contributed by atoms with Crippen LogP contribution in [0.1, 0.15) is 15.9 Å². The summed E-state index contributed by atoms with van der Waals surface area (Å²) in [6, 6.07) is 11.3. The Morgan fingerprint density at radius 2 is 1.88 bits per heavy atom. The predicted octanol–water partition coefficient (Wildman–Crippen LogP) is 2.24. The molecule has 122 valence electrons. The number of carboxylic acids is 1. The standard InChI is InChI=1S/C17H14N2O5/c1-10-2-5-12(6-3-10)18-15(20)9-19-13-8-11(16(21)22)4-7-14(13)24-17(19)23/h2-8H,9H2,1H3,(H,18,20)(H,21,22). The second-order valence-electron chi connectivity index (χ2n) is 5.36. The van der Waals surface area contributed by atoms with Gasteiger partial charge in [-0.15, -0.1) is 0 Å². The molecule has 0 bridgehead atoms. The number of carbonyl (C=O) groups is 2. The van der Waals surface area contributed by atoms with Crippen molar-refractivity contribution in [1.29, 1.82) is 0 Å². The summed E-state index contributed by atoms with van der Waals surface area (Å²) in [7, 11) is 0. The maximum atomic E-state index is 12.2. The van der Waals surface area contributed by atoms with Crippen LogP contribution in [0.5, 0.6) is 0 Å². The molecule has 0 atom stereocenters. The molecule has 0 aliphatic carbocycles. The minimum Gasteiger partial charge on any atom is -0.478 e. The fraction of sp³-hybridized carbons (Fsp3) is 0.118. The van der Waals surface area contributed by atoms with Crippen molar-refractivity contribution < 1.29 is 19.1 Å². The van der Waals surface area contributed by atoms with Gasteiger partial charge in [-0.2, -0.15) is 0 Å². The SMILES string of the molecule is Cc1ccc(NC(=O)Cn2c(=O)oc3ccc(C(=O)O)cc32)cc1. The predicted molar refractivity (Wildman–Crippen MR) is 87.2 cm³/mol. The molecule has 1 heterocycles. The zero-order chi connectivity index (χ0) is 17.3. The fourth-order valence-electron chi connectivity index (χ4n) is 2.33. The molecule has 1 aromatic heterocycles. The van der Waals surface area contributed by atoms with Crippen molar-refractivity contribution in [1.82, 2.24) is 4.57 Å². The molecule has 0 unspecified atom stereocenters. The highest BCUT2D eigenvalue weighted by Crippen LogP contribution is 2.16. The molecule has 0 fully saturated rings. The van der Waals surface area contributed by atoms with Crippen molar-refractivity contribution in [3.63, 3.8) is 0 Å². The van der Waals surface area contributed by atoms with E-state index in [0.29, 0.717) is 5.69 Å². The average molecular weight is 326 g/mol. The van der Waals surface area contributed by atoms with Gasteiger partial charge in [0.25, 0.3) is 0 Å². The number of anilines is 1. The number of rotatable bonds is 4. The van der Waals surface area contributed by atoms with E-state index in [0.717, 1.165) is 10.1 Å². The van der Waals surface area contributed by atoms with E-state index >= 15 is 0 Å². The second kappa shape index (κ2) is 6.04. The summed E-state index contributed by atoms with van der Waals surface area (Å²) < 4.78 is 6.14. The van der Waals surface area contributed by atoms with Gasteiger partial charge >= 0.3 is 11.7 Å². The topological polar surface area (TPSA) is 102 Å². The number of aromatic nitrogens is 1. The van der Waals surface area contributed by atoms with Crippen molar-refractivity contribution >= 4 is 28.7 Å². The van der Waals surface area contributed by atoms with E-state index in [4.69, 9.17) is 9.52 Å². The Morgan fingerprint density at radius 3 is 2.54 bits per heavy atom. The lowest BCUT2D eigenvalue weighted by molar-refractivity contribution is -0.116. The molecular formula is C17H14N2O5. The molecule has 0 saturated carbocycles. The van der Waals surface area contributed by atoms with Crippen molar-refractivity contribution in [3.05, 3.63) is 64.1 Å². The third-order valence-electron chi connectivity index (χ3n) is 3.55. The molecule has 0 aliphatic rings. The first-order chi connectivity index (χ1) is 11.4. The van der Waals surface area contributed by atoms with Gasteiger partial charge in [0, 0.05) is 5.69 Å². The Hall–Kier alpha value is -3.35. The summed E-state index contributed by atoms with van der Waals surface area (Å²) in [5, 5.41) is 11.7. The van der Waals surface area contributed by atoms with Gasteiger partial charge in [0.1, 0.15) is 6.54 Å². The number of fused-ring (bicyclic) bond motifs is 1. The average Bonchev–Trinajstić information content (AvgIpc) is 2.84. The number of hydrogen-bond acceptors (Lipinski definition) is 4. The summed E-state index contributed by atoms with van der Waals surface area (Å²) in [6.45, 7) is 1.66. The molecule has 7 heteroatoms. The van der Waals surface area contributed by atoms with Gasteiger partial charge in [0.15, 0.2) is 5.58 Å². The van der Waals surface area contributed by atoms with Gasteiger partial charge < -0.3 is 14.8 Å². The van der Waals surface area contributed by atoms with Crippen LogP contribution in [0, 0.1) is 6.92 Å². The smallest absolute Gasteiger partial charge is 0.420 e. The van der Waals surface area contributed by atoms with Gasteiger partial charge in [-0.1, -0.05) is 17.7 Å². The van der Waals surface area contributed by atoms with Gasteiger partial charge in [0.2, 0.25) is 5.91 Å². The number of nitrogens with one attached hydrogen (secondary N) is 1. The van der Waals surface area contributed by atoms with E-state index in [1.54, 1.807) is 12.1 Å². The molecule has 3 aromatic rings. The fourth-order valence-corrected chi connectivity index (χ4v) is 2.33. The van der Waals surface area contributed by atoms with Crippen LogP contribution >= 0.6 is 0 Å². The van der Waals surface area contributed by atoms with Gasteiger partial charge in [-0.25, -0.2) is 9.59 Å². The van der Waals surface area contributed by atoms with Crippen LogP contribution < -0.4 is 11.1 Å². The Bertz CT molecular complexity index is 982. The summed E-state index contributed by atoms with van der Waals surface area (Å²) in [6.07, 6.45) is 0. The van der Waals surface area contributed by atoms with Gasteiger partial charge in [0.05, 0.1) is 11.1 Å². The highest BCUT2D eigenvalue weighted by molar-refractivity contribution is 5.93. The van der Waals surface area contributed by atoms with Crippen LogP contribution in [0.25, 0.3) is 11.1 Å². The molecule has 2 N–H and O–H groups in total. The molecule has 1 amide bonds. The zero-order valence-electron chi connectivity index (χ0n) is 12.8. The summed E-state index contributed by atoms with van der Waals surface area (Å²) in [5.74, 6) is -2.25. The highest BCUT2D eigenvalue weighted by atomic mass is 16.4. The van der Waals surface area contributed by atoms with Crippen LogP contribution in [0.15, 0.2) is 51.7 Å². The van der Waals surface area contributed by atoms with E-state index < -0.39 is 17.6 Å². The van der Waals surface area contributed by atoms with Crippen LogP contribution in [0.2, 0.25) is 0 Å². The van der Waals surface area contributed by atoms with Crippen LogP contribution in [-0.2, 0) is 11.3 Å². The number of amides is 1. The summed E-state index contributed by atoms with van der Waals surface area (Å²) in [4.78, 5) is 35.1.